The first-order chi connectivity index (χ1) is 12.2. The second-order valence-electron chi connectivity index (χ2n) is 6.56. The normalized spacial score (nSPS) is 10.3. The number of hydrogen-bond acceptors (Lipinski definition) is 0. The van der Waals surface area contributed by atoms with Crippen LogP contribution in [0.5, 0.6) is 0 Å². The van der Waals surface area contributed by atoms with Gasteiger partial charge in [0, 0.05) is 65.4 Å². The molecule has 0 unspecified atom stereocenters. The molecule has 3 rings (SSSR count). The maximum absolute atomic E-state index is 3.41. The van der Waals surface area contributed by atoms with Crippen molar-refractivity contribution in [2.24, 2.45) is 0 Å². The van der Waals surface area contributed by atoms with Gasteiger partial charge in [0.1, 0.15) is 0 Å². The first-order valence-electron chi connectivity index (χ1n) is 8.98. The van der Waals surface area contributed by atoms with E-state index in [1.807, 2.05) is 0 Å². The number of aryl methyl sites for hydroxylation is 3. The largest absolute Gasteiger partial charge is 0.177 e. The topological polar surface area (TPSA) is 0 Å². The predicted octanol–water partition coefficient (Wildman–Crippen LogP) is 6.94. The molecule has 0 bridgehead atoms. The fourth-order valence-electron chi connectivity index (χ4n) is 3.17. The third-order valence-electron chi connectivity index (χ3n) is 4.61. The van der Waals surface area contributed by atoms with Gasteiger partial charge in [-0.15, -0.1) is 5.56 Å². The van der Waals surface area contributed by atoms with Gasteiger partial charge in [-0.3, -0.25) is 0 Å². The van der Waals surface area contributed by atoms with E-state index in [0.717, 1.165) is 12.8 Å². The van der Waals surface area contributed by atoms with E-state index < -0.39 is 0 Å². The minimum absolute atomic E-state index is 0. The number of rotatable bonds is 5. The molecule has 0 aliphatic heterocycles. The number of hydrogen-bond donors (Lipinski definition) is 0. The Bertz CT molecular complexity index is 860. The summed E-state index contributed by atoms with van der Waals surface area (Å²) in [6.45, 7) is 6.29. The molecular formula is C25H25Y2-. The molecule has 3 aromatic rings. The van der Waals surface area contributed by atoms with Gasteiger partial charge in [0.15, 0.2) is 0 Å². The molecule has 0 heterocycles. The average molecular weight is 503 g/mol. The van der Waals surface area contributed by atoms with Crippen molar-refractivity contribution >= 4 is 0 Å². The van der Waals surface area contributed by atoms with E-state index in [4.69, 9.17) is 0 Å². The molecule has 0 atom stereocenters. The SMILES string of the molecule is C/C=C/CCc1ccc(-c2ccc(-c3ccc(C)[c-]c3C)cc2)cc1.[Y].[Y]. The van der Waals surface area contributed by atoms with Crippen molar-refractivity contribution in [3.8, 4) is 22.3 Å². The Kier molecular flexibility index (Phi) is 11.2. The second-order valence-corrected chi connectivity index (χ2v) is 6.56. The zero-order chi connectivity index (χ0) is 17.6. The molecule has 0 amide bonds. The van der Waals surface area contributed by atoms with Gasteiger partial charge in [-0.2, -0.15) is 29.3 Å². The van der Waals surface area contributed by atoms with Gasteiger partial charge in [-0.1, -0.05) is 80.1 Å². The third-order valence-corrected chi connectivity index (χ3v) is 4.61. The minimum Gasteiger partial charge on any atom is -0.177 e. The van der Waals surface area contributed by atoms with Crippen LogP contribution in [-0.4, -0.2) is 0 Å². The molecule has 2 heteroatoms. The number of allylic oxidation sites excluding steroid dienone is 2. The van der Waals surface area contributed by atoms with E-state index in [0.29, 0.717) is 0 Å². The standard InChI is InChI=1S/C25H25.2Y/c1-4-5-6-7-21-9-11-22(12-10-21)23-13-15-24(16-14-23)25-17-8-19(2)18-20(25)3;;/h4-5,8-17H,6-7H2,1-3H3;;/q-1;;/b5-4+;;. The van der Waals surface area contributed by atoms with Crippen LogP contribution in [-0.2, 0) is 71.8 Å². The van der Waals surface area contributed by atoms with E-state index >= 15 is 0 Å². The maximum atomic E-state index is 3.41. The summed E-state index contributed by atoms with van der Waals surface area (Å²) in [6, 6.07) is 25.5. The summed E-state index contributed by atoms with van der Waals surface area (Å²) in [5, 5.41) is 0. The smallest absolute Gasteiger partial charge is 0 e. The molecule has 0 saturated carbocycles. The second kappa shape index (κ2) is 12.2. The molecular weight excluding hydrogens is 478 g/mol. The zero-order valence-corrected chi connectivity index (χ0v) is 22.2. The van der Waals surface area contributed by atoms with Crippen molar-refractivity contribution in [1.82, 2.24) is 0 Å². The average Bonchev–Trinajstić information content (AvgIpc) is 2.63. The summed E-state index contributed by atoms with van der Waals surface area (Å²) in [5.74, 6) is 0. The summed E-state index contributed by atoms with van der Waals surface area (Å²) < 4.78 is 0. The van der Waals surface area contributed by atoms with Crippen LogP contribution in [0.25, 0.3) is 22.3 Å². The third kappa shape index (κ3) is 6.86. The van der Waals surface area contributed by atoms with Crippen molar-refractivity contribution in [3.63, 3.8) is 0 Å². The van der Waals surface area contributed by atoms with Crippen LogP contribution >= 0.6 is 0 Å². The van der Waals surface area contributed by atoms with E-state index in [1.165, 1.54) is 38.9 Å². The summed E-state index contributed by atoms with van der Waals surface area (Å²) >= 11 is 0. The van der Waals surface area contributed by atoms with Gasteiger partial charge >= 0.3 is 0 Å². The van der Waals surface area contributed by atoms with Crippen LogP contribution in [0.1, 0.15) is 30.0 Å². The van der Waals surface area contributed by atoms with Crippen molar-refractivity contribution in [2.45, 2.75) is 33.6 Å². The van der Waals surface area contributed by atoms with Gasteiger partial charge in [0.05, 0.1) is 0 Å². The molecule has 3 aromatic carbocycles. The van der Waals surface area contributed by atoms with Gasteiger partial charge in [-0.25, -0.2) is 0 Å². The predicted molar refractivity (Wildman–Crippen MR) is 109 cm³/mol. The first kappa shape index (κ1) is 24.6. The molecule has 0 saturated heterocycles. The molecule has 0 N–H and O–H groups in total. The maximum Gasteiger partial charge on any atom is 0 e. The zero-order valence-electron chi connectivity index (χ0n) is 16.5. The fourth-order valence-corrected chi connectivity index (χ4v) is 3.17. The molecule has 0 fully saturated rings. The van der Waals surface area contributed by atoms with Crippen LogP contribution < -0.4 is 0 Å². The summed E-state index contributed by atoms with van der Waals surface area (Å²) in [4.78, 5) is 0. The van der Waals surface area contributed by atoms with Gasteiger partial charge < -0.3 is 0 Å². The molecule has 0 aliphatic carbocycles. The molecule has 132 valence electrons. The first-order valence-corrected chi connectivity index (χ1v) is 8.98. The van der Waals surface area contributed by atoms with Gasteiger partial charge in [-0.05, 0) is 36.5 Å². The summed E-state index contributed by atoms with van der Waals surface area (Å²) in [6.07, 6.45) is 6.55. The van der Waals surface area contributed by atoms with Crippen LogP contribution in [0.15, 0.2) is 72.8 Å². The fraction of sp³-hybridized carbons (Fsp3) is 0.200. The molecule has 0 aromatic heterocycles. The van der Waals surface area contributed by atoms with E-state index in [9.17, 15) is 0 Å². The Morgan fingerprint density at radius 3 is 1.85 bits per heavy atom. The molecule has 0 nitrogen and oxygen atoms in total. The summed E-state index contributed by atoms with van der Waals surface area (Å²) in [5.41, 5.74) is 8.83. The summed E-state index contributed by atoms with van der Waals surface area (Å²) in [7, 11) is 0. The van der Waals surface area contributed by atoms with Crippen molar-refractivity contribution in [2.75, 3.05) is 0 Å². The Balaban J connectivity index is 0.00000182. The molecule has 0 spiro atoms. The van der Waals surface area contributed by atoms with E-state index in [1.54, 1.807) is 0 Å². The van der Waals surface area contributed by atoms with Crippen molar-refractivity contribution in [1.29, 1.82) is 0 Å². The molecule has 2 radical (unpaired) electrons. The molecule has 27 heavy (non-hydrogen) atoms. The van der Waals surface area contributed by atoms with Crippen LogP contribution in [0.2, 0.25) is 0 Å². The minimum atomic E-state index is 0. The van der Waals surface area contributed by atoms with Crippen molar-refractivity contribution in [3.05, 3.63) is 95.6 Å². The Morgan fingerprint density at radius 1 is 0.741 bits per heavy atom. The quantitative estimate of drug-likeness (QED) is 0.262. The van der Waals surface area contributed by atoms with Crippen molar-refractivity contribution < 1.29 is 65.4 Å². The number of benzene rings is 3. The van der Waals surface area contributed by atoms with Crippen LogP contribution in [0.4, 0.5) is 0 Å². The Hall–Kier alpha value is -0.392. The monoisotopic (exact) mass is 503 g/mol. The van der Waals surface area contributed by atoms with Crippen LogP contribution in [0, 0.1) is 19.9 Å². The van der Waals surface area contributed by atoms with E-state index in [-0.39, 0.29) is 65.4 Å². The van der Waals surface area contributed by atoms with Gasteiger partial charge in [0.25, 0.3) is 0 Å². The Labute approximate surface area is 214 Å². The Morgan fingerprint density at radius 2 is 1.30 bits per heavy atom. The van der Waals surface area contributed by atoms with Crippen LogP contribution in [0.3, 0.4) is 0 Å². The van der Waals surface area contributed by atoms with E-state index in [2.05, 4.69) is 99.7 Å². The molecule has 0 aliphatic rings. The van der Waals surface area contributed by atoms with Gasteiger partial charge in [0.2, 0.25) is 0 Å².